The van der Waals surface area contributed by atoms with Gasteiger partial charge in [-0.25, -0.2) is 0 Å². The maximum atomic E-state index is 6.13. The Labute approximate surface area is 105 Å². The lowest BCUT2D eigenvalue weighted by molar-refractivity contribution is 0.246. The molecule has 0 aliphatic heterocycles. The summed E-state index contributed by atoms with van der Waals surface area (Å²) in [6.07, 6.45) is 0. The third-order valence-electron chi connectivity index (χ3n) is 2.04. The monoisotopic (exact) mass is 251 g/mol. The highest BCUT2D eigenvalue weighted by Gasteiger charge is 2.28. The van der Waals surface area contributed by atoms with E-state index in [1.165, 1.54) is 0 Å². The molecule has 0 aromatic heterocycles. The van der Waals surface area contributed by atoms with Gasteiger partial charge >= 0.3 is 0 Å². The minimum atomic E-state index is -1.37. The maximum absolute atomic E-state index is 6.13. The Kier molecular flexibility index (Phi) is 3.37. The molecular formula is C13H9Cl2O. The van der Waals surface area contributed by atoms with Gasteiger partial charge in [0, 0.05) is 5.56 Å². The van der Waals surface area contributed by atoms with E-state index in [0.717, 1.165) is 0 Å². The summed E-state index contributed by atoms with van der Waals surface area (Å²) in [5.74, 6) is 0.604. The van der Waals surface area contributed by atoms with Crippen molar-refractivity contribution in [2.24, 2.45) is 0 Å². The first-order chi connectivity index (χ1) is 7.68. The molecule has 16 heavy (non-hydrogen) atoms. The smallest absolute Gasteiger partial charge is 0.284 e. The second-order valence-electron chi connectivity index (χ2n) is 3.22. The number of hydrogen-bond donors (Lipinski definition) is 0. The fourth-order valence-corrected chi connectivity index (χ4v) is 1.71. The molecule has 0 heterocycles. The van der Waals surface area contributed by atoms with Crippen molar-refractivity contribution < 1.29 is 4.74 Å². The third-order valence-corrected chi connectivity index (χ3v) is 2.63. The van der Waals surface area contributed by atoms with E-state index in [2.05, 4.69) is 6.07 Å². The summed E-state index contributed by atoms with van der Waals surface area (Å²) in [6, 6.07) is 19.1. The first-order valence-electron chi connectivity index (χ1n) is 4.77. The molecular weight excluding hydrogens is 243 g/mol. The first-order valence-corrected chi connectivity index (χ1v) is 5.52. The van der Waals surface area contributed by atoms with E-state index in [4.69, 9.17) is 27.9 Å². The SMILES string of the molecule is ClC(Cl)(Oc1cc[c]cc1)c1ccccc1. The predicted octanol–water partition coefficient (Wildman–Crippen LogP) is 4.15. The topological polar surface area (TPSA) is 9.23 Å². The standard InChI is InChI=1S/C13H9Cl2O/c14-13(15,11-7-3-1-4-8-11)16-12-9-5-2-6-10-12/h1,3-10H. The molecule has 0 saturated heterocycles. The number of benzene rings is 2. The molecule has 0 saturated carbocycles. The van der Waals surface area contributed by atoms with Gasteiger partial charge in [0.1, 0.15) is 5.75 Å². The molecule has 81 valence electrons. The minimum absolute atomic E-state index is 0.604. The van der Waals surface area contributed by atoms with E-state index >= 15 is 0 Å². The highest BCUT2D eigenvalue weighted by Crippen LogP contribution is 2.35. The zero-order valence-corrected chi connectivity index (χ0v) is 9.87. The quantitative estimate of drug-likeness (QED) is 0.745. The average molecular weight is 252 g/mol. The summed E-state index contributed by atoms with van der Waals surface area (Å²) in [7, 11) is 0. The summed E-state index contributed by atoms with van der Waals surface area (Å²) in [4.78, 5) is 0. The van der Waals surface area contributed by atoms with Crippen LogP contribution in [-0.4, -0.2) is 0 Å². The largest absolute Gasteiger partial charge is 0.454 e. The summed E-state index contributed by atoms with van der Waals surface area (Å²) in [5.41, 5.74) is 0.700. The van der Waals surface area contributed by atoms with E-state index in [1.54, 1.807) is 24.3 Å². The van der Waals surface area contributed by atoms with Crippen LogP contribution in [-0.2, 0) is 4.52 Å². The highest BCUT2D eigenvalue weighted by atomic mass is 35.5. The Morgan fingerprint density at radius 3 is 2.19 bits per heavy atom. The van der Waals surface area contributed by atoms with Crippen LogP contribution in [0.4, 0.5) is 0 Å². The van der Waals surface area contributed by atoms with Gasteiger partial charge in [0.25, 0.3) is 4.52 Å². The fraction of sp³-hybridized carbons (Fsp3) is 0.0769. The molecule has 0 bridgehead atoms. The van der Waals surface area contributed by atoms with Gasteiger partial charge in [0.05, 0.1) is 0 Å². The van der Waals surface area contributed by atoms with Crippen molar-refractivity contribution >= 4 is 23.2 Å². The molecule has 2 aromatic rings. The molecule has 0 unspecified atom stereocenters. The molecule has 0 N–H and O–H groups in total. The lowest BCUT2D eigenvalue weighted by Crippen LogP contribution is -2.18. The average Bonchev–Trinajstić information content (AvgIpc) is 2.31. The molecule has 0 aliphatic carbocycles. The minimum Gasteiger partial charge on any atom is -0.454 e. The molecule has 1 radical (unpaired) electrons. The van der Waals surface area contributed by atoms with Crippen molar-refractivity contribution in [1.29, 1.82) is 0 Å². The van der Waals surface area contributed by atoms with E-state index in [1.807, 2.05) is 30.3 Å². The Balaban J connectivity index is 2.21. The predicted molar refractivity (Wildman–Crippen MR) is 65.7 cm³/mol. The van der Waals surface area contributed by atoms with Crippen LogP contribution < -0.4 is 4.74 Å². The van der Waals surface area contributed by atoms with Gasteiger partial charge in [0.2, 0.25) is 0 Å². The molecule has 3 heteroatoms. The van der Waals surface area contributed by atoms with Gasteiger partial charge in [-0.05, 0) is 18.2 Å². The molecule has 0 aliphatic rings. The van der Waals surface area contributed by atoms with E-state index in [9.17, 15) is 0 Å². The van der Waals surface area contributed by atoms with Crippen molar-refractivity contribution in [3.8, 4) is 5.75 Å². The summed E-state index contributed by atoms with van der Waals surface area (Å²) < 4.78 is 4.13. The number of hydrogen-bond acceptors (Lipinski definition) is 1. The van der Waals surface area contributed by atoms with Crippen molar-refractivity contribution in [3.05, 3.63) is 66.2 Å². The zero-order valence-electron chi connectivity index (χ0n) is 8.36. The van der Waals surface area contributed by atoms with Crippen LogP contribution in [0.2, 0.25) is 0 Å². The second kappa shape index (κ2) is 4.77. The normalized spacial score (nSPS) is 11.1. The molecule has 0 fully saturated rings. The van der Waals surface area contributed by atoms with E-state index in [-0.39, 0.29) is 0 Å². The lowest BCUT2D eigenvalue weighted by Gasteiger charge is -2.21. The van der Waals surface area contributed by atoms with Crippen LogP contribution in [0.3, 0.4) is 0 Å². The lowest BCUT2D eigenvalue weighted by atomic mass is 10.2. The molecule has 2 aromatic carbocycles. The highest BCUT2D eigenvalue weighted by molar-refractivity contribution is 6.47. The van der Waals surface area contributed by atoms with Crippen LogP contribution in [0.1, 0.15) is 5.56 Å². The second-order valence-corrected chi connectivity index (χ2v) is 4.48. The van der Waals surface area contributed by atoms with Gasteiger partial charge in [-0.3, -0.25) is 0 Å². The molecule has 2 rings (SSSR count). The molecule has 1 nitrogen and oxygen atoms in total. The van der Waals surface area contributed by atoms with Crippen LogP contribution in [0.25, 0.3) is 0 Å². The van der Waals surface area contributed by atoms with Gasteiger partial charge in [-0.15, -0.1) is 0 Å². The number of alkyl halides is 2. The number of ether oxygens (including phenoxy) is 1. The summed E-state index contributed by atoms with van der Waals surface area (Å²) in [5, 5.41) is 0. The number of rotatable bonds is 3. The van der Waals surface area contributed by atoms with Crippen molar-refractivity contribution in [1.82, 2.24) is 0 Å². The van der Waals surface area contributed by atoms with E-state index in [0.29, 0.717) is 11.3 Å². The zero-order chi connectivity index (χ0) is 11.4. The summed E-state index contributed by atoms with van der Waals surface area (Å²) >= 11 is 12.3. The van der Waals surface area contributed by atoms with Crippen molar-refractivity contribution in [2.45, 2.75) is 4.52 Å². The first kappa shape index (κ1) is 11.3. The van der Waals surface area contributed by atoms with Gasteiger partial charge in [-0.2, -0.15) is 0 Å². The van der Waals surface area contributed by atoms with Gasteiger partial charge in [0.15, 0.2) is 0 Å². The van der Waals surface area contributed by atoms with Crippen molar-refractivity contribution in [3.63, 3.8) is 0 Å². The number of halogens is 2. The summed E-state index contributed by atoms with van der Waals surface area (Å²) in [6.45, 7) is 0. The molecule has 0 spiro atoms. The van der Waals surface area contributed by atoms with Crippen molar-refractivity contribution in [2.75, 3.05) is 0 Å². The Morgan fingerprint density at radius 2 is 1.56 bits per heavy atom. The van der Waals surface area contributed by atoms with Crippen LogP contribution >= 0.6 is 23.2 Å². The van der Waals surface area contributed by atoms with Crippen LogP contribution in [0.15, 0.2) is 54.6 Å². The molecule has 0 atom stereocenters. The molecule has 0 amide bonds. The van der Waals surface area contributed by atoms with Crippen LogP contribution in [0.5, 0.6) is 5.75 Å². The van der Waals surface area contributed by atoms with E-state index < -0.39 is 4.52 Å². The Morgan fingerprint density at radius 1 is 0.938 bits per heavy atom. The maximum Gasteiger partial charge on any atom is 0.284 e. The van der Waals surface area contributed by atoms with Crippen LogP contribution in [0, 0.1) is 6.07 Å². The Bertz CT molecular complexity index is 440. The Hall–Kier alpha value is -1.18. The fourth-order valence-electron chi connectivity index (χ4n) is 1.28. The third kappa shape index (κ3) is 2.69. The van der Waals surface area contributed by atoms with Gasteiger partial charge in [-0.1, -0.05) is 65.7 Å². The van der Waals surface area contributed by atoms with Gasteiger partial charge < -0.3 is 4.74 Å².